The van der Waals surface area contributed by atoms with Crippen molar-refractivity contribution in [3.05, 3.63) is 44.9 Å². The van der Waals surface area contributed by atoms with Crippen LogP contribution in [0.15, 0.2) is 29.2 Å². The highest BCUT2D eigenvalue weighted by atomic mass is 35.5. The van der Waals surface area contributed by atoms with Gasteiger partial charge in [0.2, 0.25) is 5.91 Å². The van der Waals surface area contributed by atoms with Crippen LogP contribution in [0.2, 0.25) is 5.02 Å². The third kappa shape index (κ3) is 5.23. The van der Waals surface area contributed by atoms with Crippen molar-refractivity contribution in [1.82, 2.24) is 9.88 Å². The minimum absolute atomic E-state index is 0.0107. The molecular formula is C27H35ClN2O4S3. The van der Waals surface area contributed by atoms with Crippen LogP contribution < -0.4 is 0 Å². The molecule has 1 aromatic carbocycles. The number of nitrogens with zero attached hydrogens (tertiary/aromatic N) is 2. The van der Waals surface area contributed by atoms with Gasteiger partial charge in [-0.15, -0.1) is 11.3 Å². The Morgan fingerprint density at radius 2 is 1.95 bits per heavy atom. The first-order valence-electron chi connectivity index (χ1n) is 13.0. The lowest BCUT2D eigenvalue weighted by Crippen LogP contribution is -2.54. The monoisotopic (exact) mass is 582 g/mol. The van der Waals surface area contributed by atoms with E-state index in [0.717, 1.165) is 54.4 Å². The average Bonchev–Trinajstić information content (AvgIpc) is 3.25. The lowest BCUT2D eigenvalue weighted by atomic mass is 9.53. The van der Waals surface area contributed by atoms with Crippen LogP contribution in [-0.2, 0) is 26.8 Å². The number of aliphatic hydroxyl groups excluding tert-OH is 1. The van der Waals surface area contributed by atoms with Crippen LogP contribution in [0, 0.1) is 23.2 Å². The van der Waals surface area contributed by atoms with Crippen LogP contribution >= 0.6 is 34.7 Å². The van der Waals surface area contributed by atoms with Crippen molar-refractivity contribution in [2.24, 2.45) is 23.2 Å². The number of amides is 1. The third-order valence-corrected chi connectivity index (χ3v) is 12.9. The molecule has 6 unspecified atom stereocenters. The number of halogens is 1. The SMILES string of the molecule is CC(C(=O)N1CCSCC1)C1CCC2(C)Cc3sc(CS(=O)(=O)c4ccc(Cl)cc4)nc3C(C)C2C1O. The Kier molecular flexibility index (Phi) is 7.75. The van der Waals surface area contributed by atoms with Crippen molar-refractivity contribution < 1.29 is 18.3 Å². The predicted octanol–water partition coefficient (Wildman–Crippen LogP) is 5.03. The van der Waals surface area contributed by atoms with E-state index in [4.69, 9.17) is 16.6 Å². The molecule has 10 heteroatoms. The lowest BCUT2D eigenvalue weighted by molar-refractivity contribution is -0.144. The summed E-state index contributed by atoms with van der Waals surface area (Å²) in [5.41, 5.74) is 0.812. The van der Waals surface area contributed by atoms with Gasteiger partial charge in [-0.3, -0.25) is 4.79 Å². The van der Waals surface area contributed by atoms with E-state index in [1.54, 1.807) is 12.1 Å². The molecule has 1 saturated heterocycles. The van der Waals surface area contributed by atoms with E-state index in [1.165, 1.54) is 23.5 Å². The van der Waals surface area contributed by atoms with Gasteiger partial charge in [0, 0.05) is 46.3 Å². The zero-order chi connectivity index (χ0) is 26.5. The molecule has 6 nitrogen and oxygen atoms in total. The number of rotatable bonds is 5. The topological polar surface area (TPSA) is 87.6 Å². The zero-order valence-corrected chi connectivity index (χ0v) is 24.7. The predicted molar refractivity (Wildman–Crippen MR) is 150 cm³/mol. The van der Waals surface area contributed by atoms with E-state index in [9.17, 15) is 18.3 Å². The van der Waals surface area contributed by atoms with Crippen molar-refractivity contribution in [3.8, 4) is 0 Å². The van der Waals surface area contributed by atoms with E-state index in [0.29, 0.717) is 10.0 Å². The largest absolute Gasteiger partial charge is 0.392 e. The fraction of sp³-hybridized carbons (Fsp3) is 0.630. The van der Waals surface area contributed by atoms with Gasteiger partial charge in [0.25, 0.3) is 0 Å². The highest BCUT2D eigenvalue weighted by Gasteiger charge is 2.54. The number of fused-ring (bicyclic) bond motifs is 2. The van der Waals surface area contributed by atoms with Crippen LogP contribution in [0.5, 0.6) is 0 Å². The molecule has 0 bridgehead atoms. The Hall–Kier alpha value is -1.13. The Morgan fingerprint density at radius 1 is 1.27 bits per heavy atom. The molecule has 1 amide bonds. The average molecular weight is 583 g/mol. The normalized spacial score (nSPS) is 30.9. The molecule has 3 aliphatic rings. The lowest BCUT2D eigenvalue weighted by Gasteiger charge is -2.53. The fourth-order valence-electron chi connectivity index (χ4n) is 6.80. The molecule has 2 heterocycles. The number of carbonyl (C=O) groups is 1. The smallest absolute Gasteiger partial charge is 0.225 e. The molecule has 0 spiro atoms. The molecule has 5 rings (SSSR count). The second kappa shape index (κ2) is 10.5. The highest BCUT2D eigenvalue weighted by Crippen LogP contribution is 2.57. The number of benzene rings is 1. The summed E-state index contributed by atoms with van der Waals surface area (Å²) in [6.45, 7) is 7.92. The molecule has 2 fully saturated rings. The molecule has 1 saturated carbocycles. The fourth-order valence-corrected chi connectivity index (χ4v) is 10.8. The summed E-state index contributed by atoms with van der Waals surface area (Å²) in [6.07, 6.45) is 1.95. The quantitative estimate of drug-likeness (QED) is 0.532. The van der Waals surface area contributed by atoms with Gasteiger partial charge in [-0.1, -0.05) is 32.4 Å². The van der Waals surface area contributed by atoms with Gasteiger partial charge >= 0.3 is 0 Å². The van der Waals surface area contributed by atoms with Crippen LogP contribution in [0.1, 0.15) is 55.1 Å². The van der Waals surface area contributed by atoms with Crippen LogP contribution in [-0.4, -0.2) is 60.0 Å². The summed E-state index contributed by atoms with van der Waals surface area (Å²) in [7, 11) is -3.54. The summed E-state index contributed by atoms with van der Waals surface area (Å²) in [5, 5.41) is 12.8. The second-order valence-corrected chi connectivity index (χ2v) is 16.0. The van der Waals surface area contributed by atoms with Crippen molar-refractivity contribution in [3.63, 3.8) is 0 Å². The van der Waals surface area contributed by atoms with Crippen molar-refractivity contribution in [2.45, 2.75) is 62.7 Å². The maximum Gasteiger partial charge on any atom is 0.225 e. The summed E-state index contributed by atoms with van der Waals surface area (Å²) in [5.74, 6) is 1.65. The van der Waals surface area contributed by atoms with Crippen molar-refractivity contribution in [2.75, 3.05) is 24.6 Å². The number of aromatic nitrogens is 1. The number of hydrogen-bond acceptors (Lipinski definition) is 7. The molecule has 1 N–H and O–H groups in total. The van der Waals surface area contributed by atoms with Crippen LogP contribution in [0.25, 0.3) is 0 Å². The number of thiazole rings is 1. The first kappa shape index (κ1) is 27.4. The summed E-state index contributed by atoms with van der Waals surface area (Å²) in [6, 6.07) is 6.24. The number of thioether (sulfide) groups is 1. The van der Waals surface area contributed by atoms with Gasteiger partial charge in [-0.2, -0.15) is 11.8 Å². The number of hydrogen-bond donors (Lipinski definition) is 1. The molecule has 1 aromatic heterocycles. The molecule has 0 radical (unpaired) electrons. The summed E-state index contributed by atoms with van der Waals surface area (Å²) in [4.78, 5) is 21.4. The van der Waals surface area contributed by atoms with Crippen LogP contribution in [0.3, 0.4) is 0 Å². The maximum absolute atomic E-state index is 13.3. The minimum Gasteiger partial charge on any atom is -0.392 e. The summed E-state index contributed by atoms with van der Waals surface area (Å²) < 4.78 is 26.1. The van der Waals surface area contributed by atoms with E-state index in [-0.39, 0.29) is 45.6 Å². The Morgan fingerprint density at radius 3 is 2.62 bits per heavy atom. The molecule has 2 aliphatic carbocycles. The van der Waals surface area contributed by atoms with Gasteiger partial charge in [-0.05, 0) is 60.8 Å². The molecular weight excluding hydrogens is 548 g/mol. The first-order chi connectivity index (χ1) is 17.5. The number of sulfone groups is 1. The van der Waals surface area contributed by atoms with Gasteiger partial charge in [-0.25, -0.2) is 13.4 Å². The molecule has 1 aliphatic heterocycles. The van der Waals surface area contributed by atoms with Crippen LogP contribution in [0.4, 0.5) is 0 Å². The molecule has 202 valence electrons. The van der Waals surface area contributed by atoms with Gasteiger partial charge < -0.3 is 10.0 Å². The van der Waals surface area contributed by atoms with Gasteiger partial charge in [0.1, 0.15) is 10.8 Å². The van der Waals surface area contributed by atoms with E-state index >= 15 is 0 Å². The van der Waals surface area contributed by atoms with E-state index in [2.05, 4.69) is 13.8 Å². The maximum atomic E-state index is 13.3. The number of carbonyl (C=O) groups excluding carboxylic acids is 1. The van der Waals surface area contributed by atoms with Crippen molar-refractivity contribution >= 4 is 50.4 Å². The van der Waals surface area contributed by atoms with Crippen molar-refractivity contribution in [1.29, 1.82) is 0 Å². The zero-order valence-electron chi connectivity index (χ0n) is 21.5. The van der Waals surface area contributed by atoms with E-state index < -0.39 is 15.9 Å². The number of aliphatic hydroxyl groups is 1. The third-order valence-electron chi connectivity index (χ3n) is 8.81. The summed E-state index contributed by atoms with van der Waals surface area (Å²) >= 11 is 9.30. The Balaban J connectivity index is 1.36. The molecule has 6 atom stereocenters. The molecule has 37 heavy (non-hydrogen) atoms. The Labute approximate surface area is 233 Å². The highest BCUT2D eigenvalue weighted by molar-refractivity contribution is 7.99. The standard InChI is InChI=1S/C27H35ClN2O4S3/c1-16(26(32)30-10-12-35-13-11-30)20-8-9-27(3)14-21-24(17(2)23(27)25(20)31)29-22(36-21)15-37(33,34)19-6-4-18(28)5-7-19/h4-7,16-17,20,23,25,31H,8-15H2,1-3H3. The van der Waals surface area contributed by atoms with Gasteiger partial charge in [0.15, 0.2) is 9.84 Å². The minimum atomic E-state index is -3.54. The van der Waals surface area contributed by atoms with Gasteiger partial charge in [0.05, 0.1) is 16.7 Å². The van der Waals surface area contributed by atoms with E-state index in [1.807, 2.05) is 23.6 Å². The first-order valence-corrected chi connectivity index (χ1v) is 17.0. The Bertz CT molecular complexity index is 1260. The molecule has 2 aromatic rings. The second-order valence-electron chi connectivity index (χ2n) is 11.2.